The van der Waals surface area contributed by atoms with E-state index in [0.717, 1.165) is 16.5 Å². The van der Waals surface area contributed by atoms with Crippen LogP contribution in [0.25, 0.3) is 11.0 Å². The van der Waals surface area contributed by atoms with Gasteiger partial charge in [0.1, 0.15) is 17.1 Å². The van der Waals surface area contributed by atoms with E-state index in [0.29, 0.717) is 34.9 Å². The number of methoxy groups -OCH3 is 1. The Bertz CT molecular complexity index is 1100. The van der Waals surface area contributed by atoms with Crippen molar-refractivity contribution < 1.29 is 18.7 Å². The molecular formula is C23H25NO5. The number of hydrogen-bond donors (Lipinski definition) is 1. The summed E-state index contributed by atoms with van der Waals surface area (Å²) in [6.07, 6.45) is 0.449. The number of carbonyl (C=O) groups excluding carboxylic acids is 1. The summed E-state index contributed by atoms with van der Waals surface area (Å²) in [5.74, 6) is 1.06. The average molecular weight is 395 g/mol. The molecule has 0 aliphatic rings. The van der Waals surface area contributed by atoms with Crippen molar-refractivity contribution in [1.82, 2.24) is 0 Å². The molecule has 1 N–H and O–H groups in total. The summed E-state index contributed by atoms with van der Waals surface area (Å²) in [6, 6.07) is 11.0. The molecule has 0 saturated carbocycles. The van der Waals surface area contributed by atoms with Crippen LogP contribution in [-0.4, -0.2) is 19.6 Å². The Morgan fingerprint density at radius 2 is 1.93 bits per heavy atom. The third kappa shape index (κ3) is 4.59. The van der Waals surface area contributed by atoms with E-state index < -0.39 is 5.63 Å². The van der Waals surface area contributed by atoms with Crippen molar-refractivity contribution in [1.29, 1.82) is 0 Å². The van der Waals surface area contributed by atoms with Crippen LogP contribution in [0.5, 0.6) is 11.5 Å². The first kappa shape index (κ1) is 20.5. The predicted molar refractivity (Wildman–Crippen MR) is 113 cm³/mol. The van der Waals surface area contributed by atoms with Gasteiger partial charge in [-0.25, -0.2) is 4.79 Å². The average Bonchev–Trinajstić information content (AvgIpc) is 2.69. The highest BCUT2D eigenvalue weighted by atomic mass is 16.5. The minimum absolute atomic E-state index is 0.159. The molecule has 3 aromatic rings. The van der Waals surface area contributed by atoms with Crippen molar-refractivity contribution in [2.75, 3.05) is 19.0 Å². The standard InChI is InChI=1S/C23H25NO5/c1-5-28-21-12-14(2)6-10-19(21)24-22(25)11-9-18-15(3)17-8-7-16(27-4)13-20(17)29-23(18)26/h6-8,10,12-13H,5,9,11H2,1-4H3,(H,24,25). The molecule has 0 radical (unpaired) electrons. The van der Waals surface area contributed by atoms with Gasteiger partial charge in [0.25, 0.3) is 0 Å². The number of hydrogen-bond acceptors (Lipinski definition) is 5. The van der Waals surface area contributed by atoms with Crippen LogP contribution in [-0.2, 0) is 11.2 Å². The number of rotatable bonds is 7. The van der Waals surface area contributed by atoms with Crippen molar-refractivity contribution in [2.45, 2.75) is 33.6 Å². The number of amides is 1. The van der Waals surface area contributed by atoms with Crippen molar-refractivity contribution in [3.05, 3.63) is 63.5 Å². The maximum atomic E-state index is 12.5. The van der Waals surface area contributed by atoms with Crippen LogP contribution in [0.1, 0.15) is 30.0 Å². The molecule has 0 aliphatic carbocycles. The smallest absolute Gasteiger partial charge is 0.339 e. The van der Waals surface area contributed by atoms with Crippen molar-refractivity contribution >= 4 is 22.6 Å². The van der Waals surface area contributed by atoms with Gasteiger partial charge in [0.05, 0.1) is 19.4 Å². The van der Waals surface area contributed by atoms with Gasteiger partial charge in [-0.2, -0.15) is 0 Å². The Morgan fingerprint density at radius 1 is 1.14 bits per heavy atom. The van der Waals surface area contributed by atoms with E-state index in [1.54, 1.807) is 13.2 Å². The van der Waals surface area contributed by atoms with Crippen molar-refractivity contribution in [3.63, 3.8) is 0 Å². The van der Waals surface area contributed by atoms with E-state index in [1.165, 1.54) is 0 Å². The fourth-order valence-corrected chi connectivity index (χ4v) is 3.25. The molecule has 152 valence electrons. The lowest BCUT2D eigenvalue weighted by molar-refractivity contribution is -0.116. The maximum absolute atomic E-state index is 12.5. The van der Waals surface area contributed by atoms with Crippen LogP contribution < -0.4 is 20.4 Å². The van der Waals surface area contributed by atoms with E-state index >= 15 is 0 Å². The second-order valence-electron chi connectivity index (χ2n) is 6.84. The van der Waals surface area contributed by atoms with Gasteiger partial charge in [-0.05, 0) is 62.6 Å². The van der Waals surface area contributed by atoms with E-state index in [1.807, 2.05) is 51.1 Å². The maximum Gasteiger partial charge on any atom is 0.339 e. The van der Waals surface area contributed by atoms with Crippen LogP contribution in [0.15, 0.2) is 45.6 Å². The molecule has 1 amide bonds. The third-order valence-electron chi connectivity index (χ3n) is 4.81. The lowest BCUT2D eigenvalue weighted by Crippen LogP contribution is -2.17. The Morgan fingerprint density at radius 3 is 2.66 bits per heavy atom. The van der Waals surface area contributed by atoms with Gasteiger partial charge < -0.3 is 19.2 Å². The molecule has 0 aliphatic heterocycles. The largest absolute Gasteiger partial charge is 0.497 e. The van der Waals surface area contributed by atoms with Gasteiger partial charge in [-0.15, -0.1) is 0 Å². The number of anilines is 1. The second kappa shape index (κ2) is 8.82. The molecule has 6 nitrogen and oxygen atoms in total. The highest BCUT2D eigenvalue weighted by Crippen LogP contribution is 2.27. The molecule has 0 saturated heterocycles. The first-order valence-corrected chi connectivity index (χ1v) is 9.56. The van der Waals surface area contributed by atoms with Crippen LogP contribution in [0.4, 0.5) is 5.69 Å². The first-order valence-electron chi connectivity index (χ1n) is 9.56. The summed E-state index contributed by atoms with van der Waals surface area (Å²) in [5.41, 5.74) is 3.04. The Kier molecular flexibility index (Phi) is 6.22. The van der Waals surface area contributed by atoms with Gasteiger partial charge in [-0.1, -0.05) is 6.07 Å². The molecule has 0 fully saturated rings. The summed E-state index contributed by atoms with van der Waals surface area (Å²) >= 11 is 0. The van der Waals surface area contributed by atoms with Crippen LogP contribution in [0.2, 0.25) is 0 Å². The highest BCUT2D eigenvalue weighted by molar-refractivity contribution is 5.92. The monoisotopic (exact) mass is 395 g/mol. The minimum Gasteiger partial charge on any atom is -0.497 e. The predicted octanol–water partition coefficient (Wildman–Crippen LogP) is 4.39. The zero-order valence-corrected chi connectivity index (χ0v) is 17.1. The first-order chi connectivity index (χ1) is 13.9. The molecule has 1 aromatic heterocycles. The summed E-state index contributed by atoms with van der Waals surface area (Å²) in [6.45, 7) is 6.23. The highest BCUT2D eigenvalue weighted by Gasteiger charge is 2.15. The number of carbonyl (C=O) groups is 1. The Hall–Kier alpha value is -3.28. The number of aryl methyl sites for hydroxylation is 2. The lowest BCUT2D eigenvalue weighted by Gasteiger charge is -2.13. The lowest BCUT2D eigenvalue weighted by atomic mass is 10.0. The van der Waals surface area contributed by atoms with E-state index in [4.69, 9.17) is 13.9 Å². The summed E-state index contributed by atoms with van der Waals surface area (Å²) in [5, 5.41) is 3.70. The Labute approximate surface area is 169 Å². The molecule has 0 atom stereocenters. The number of fused-ring (bicyclic) bond motifs is 1. The number of ether oxygens (including phenoxy) is 2. The van der Waals surface area contributed by atoms with Gasteiger partial charge in [0.15, 0.2) is 0 Å². The van der Waals surface area contributed by atoms with Gasteiger partial charge in [0, 0.05) is 23.4 Å². The molecule has 0 bridgehead atoms. The zero-order valence-electron chi connectivity index (χ0n) is 17.1. The second-order valence-corrected chi connectivity index (χ2v) is 6.84. The fourth-order valence-electron chi connectivity index (χ4n) is 3.25. The summed E-state index contributed by atoms with van der Waals surface area (Å²) < 4.78 is 16.2. The molecular weight excluding hydrogens is 370 g/mol. The van der Waals surface area contributed by atoms with Crippen molar-refractivity contribution in [2.24, 2.45) is 0 Å². The molecule has 29 heavy (non-hydrogen) atoms. The number of nitrogens with one attached hydrogen (secondary N) is 1. The molecule has 3 rings (SSSR count). The summed E-state index contributed by atoms with van der Waals surface area (Å²) in [4.78, 5) is 24.9. The van der Waals surface area contributed by atoms with Crippen LogP contribution in [0, 0.1) is 13.8 Å². The van der Waals surface area contributed by atoms with E-state index in [-0.39, 0.29) is 18.7 Å². The quantitative estimate of drug-likeness (QED) is 0.601. The van der Waals surface area contributed by atoms with Crippen LogP contribution in [0.3, 0.4) is 0 Å². The molecule has 0 unspecified atom stereocenters. The van der Waals surface area contributed by atoms with Gasteiger partial charge in [-0.3, -0.25) is 4.79 Å². The fraction of sp³-hybridized carbons (Fsp3) is 0.304. The molecule has 1 heterocycles. The van der Waals surface area contributed by atoms with Gasteiger partial charge in [0.2, 0.25) is 5.91 Å². The zero-order chi connectivity index (χ0) is 21.0. The number of benzene rings is 2. The van der Waals surface area contributed by atoms with E-state index in [2.05, 4.69) is 5.32 Å². The minimum atomic E-state index is -0.429. The third-order valence-corrected chi connectivity index (χ3v) is 4.81. The summed E-state index contributed by atoms with van der Waals surface area (Å²) in [7, 11) is 1.56. The van der Waals surface area contributed by atoms with Gasteiger partial charge >= 0.3 is 5.63 Å². The Balaban J connectivity index is 1.77. The van der Waals surface area contributed by atoms with E-state index in [9.17, 15) is 9.59 Å². The molecule has 0 spiro atoms. The molecule has 6 heteroatoms. The topological polar surface area (TPSA) is 77.8 Å². The van der Waals surface area contributed by atoms with Crippen LogP contribution >= 0.6 is 0 Å². The normalized spacial score (nSPS) is 10.8. The van der Waals surface area contributed by atoms with Crippen molar-refractivity contribution in [3.8, 4) is 11.5 Å². The molecule has 2 aromatic carbocycles. The SMILES string of the molecule is CCOc1cc(C)ccc1NC(=O)CCc1c(C)c2ccc(OC)cc2oc1=O.